The number of unbranched alkanes of at least 4 members (excludes halogenated alkanes) is 1. The molecule has 0 spiro atoms. The zero-order chi connectivity index (χ0) is 27.0. The van der Waals surface area contributed by atoms with Crippen LogP contribution in [0.15, 0.2) is 22.0 Å². The lowest BCUT2D eigenvalue weighted by Gasteiger charge is -2.35. The predicted octanol–water partition coefficient (Wildman–Crippen LogP) is 2.95. The Morgan fingerprint density at radius 2 is 1.92 bits per heavy atom. The van der Waals surface area contributed by atoms with Gasteiger partial charge in [0.15, 0.2) is 11.5 Å². The number of anilines is 1. The van der Waals surface area contributed by atoms with Crippen molar-refractivity contribution in [1.29, 1.82) is 0 Å². The van der Waals surface area contributed by atoms with E-state index in [1.54, 1.807) is 12.4 Å². The standard InChI is InChI=1S/C25H38N8O4/c1-6-7-8-19(21-22(26)31-37-30-21)29-20-16-27-15-18(17(20)2)23(34)33-13-11-32(12-14-33)10-9-28-24(35)36-25(3,4)5/h15-16H,6-14H2,1-5H3,(H2,26,31)(H,28,35). The van der Waals surface area contributed by atoms with Gasteiger partial charge in [0.05, 0.1) is 23.2 Å². The van der Waals surface area contributed by atoms with Gasteiger partial charge >= 0.3 is 6.09 Å². The Bertz CT molecular complexity index is 1100. The quantitative estimate of drug-likeness (QED) is 0.481. The lowest BCUT2D eigenvalue weighted by molar-refractivity contribution is 0.0513. The summed E-state index contributed by atoms with van der Waals surface area (Å²) in [6.45, 7) is 13.2. The highest BCUT2D eigenvalue weighted by Crippen LogP contribution is 2.25. The molecular formula is C25H38N8O4. The molecule has 0 aliphatic carbocycles. The fourth-order valence-electron chi connectivity index (χ4n) is 3.93. The van der Waals surface area contributed by atoms with E-state index in [0.717, 1.165) is 18.4 Å². The molecule has 0 unspecified atom stereocenters. The first kappa shape index (κ1) is 28.0. The van der Waals surface area contributed by atoms with Crippen LogP contribution in [0, 0.1) is 6.92 Å². The summed E-state index contributed by atoms with van der Waals surface area (Å²) >= 11 is 0. The summed E-state index contributed by atoms with van der Waals surface area (Å²) < 4.78 is 10.0. The van der Waals surface area contributed by atoms with Gasteiger partial charge < -0.3 is 20.7 Å². The Hall–Kier alpha value is -3.54. The van der Waals surface area contributed by atoms with Crippen molar-refractivity contribution in [3.05, 3.63) is 29.2 Å². The number of amides is 2. The maximum Gasteiger partial charge on any atom is 0.407 e. The number of aliphatic imine (C=N–C) groups is 1. The minimum atomic E-state index is -0.524. The van der Waals surface area contributed by atoms with Gasteiger partial charge in [-0.3, -0.25) is 14.7 Å². The SMILES string of the molecule is CCCCC(=Nc1cncc(C(=O)N2CCN(CCNC(=O)OC(C)(C)C)CC2)c1C)c1nonc1N. The van der Waals surface area contributed by atoms with E-state index in [9.17, 15) is 9.59 Å². The van der Waals surface area contributed by atoms with Crippen molar-refractivity contribution in [2.75, 3.05) is 45.0 Å². The predicted molar refractivity (Wildman–Crippen MR) is 140 cm³/mol. The summed E-state index contributed by atoms with van der Waals surface area (Å²) in [5, 5.41) is 10.3. The third-order valence-corrected chi connectivity index (χ3v) is 5.98. The maximum absolute atomic E-state index is 13.3. The number of pyridine rings is 1. The van der Waals surface area contributed by atoms with E-state index in [-0.39, 0.29) is 11.7 Å². The molecule has 0 radical (unpaired) electrons. The first-order valence-electron chi connectivity index (χ1n) is 12.7. The average Bonchev–Trinajstić information content (AvgIpc) is 3.27. The number of carbonyl (C=O) groups excluding carboxylic acids is 2. The highest BCUT2D eigenvalue weighted by atomic mass is 16.6. The molecule has 0 aromatic carbocycles. The summed E-state index contributed by atoms with van der Waals surface area (Å²) in [7, 11) is 0. The van der Waals surface area contributed by atoms with Crippen molar-refractivity contribution in [3.63, 3.8) is 0 Å². The highest BCUT2D eigenvalue weighted by molar-refractivity contribution is 6.04. The maximum atomic E-state index is 13.3. The Morgan fingerprint density at radius 1 is 1.19 bits per heavy atom. The molecule has 2 aromatic rings. The molecule has 3 rings (SSSR count). The smallest absolute Gasteiger partial charge is 0.407 e. The average molecular weight is 515 g/mol. The van der Waals surface area contributed by atoms with Crippen molar-refractivity contribution in [3.8, 4) is 0 Å². The Kier molecular flexibility index (Phi) is 9.56. The first-order chi connectivity index (χ1) is 17.6. The topological polar surface area (TPSA) is 152 Å². The zero-order valence-electron chi connectivity index (χ0n) is 22.4. The molecule has 3 N–H and O–H groups in total. The van der Waals surface area contributed by atoms with Gasteiger partial charge in [0, 0.05) is 45.5 Å². The molecule has 0 atom stereocenters. The Morgan fingerprint density at radius 3 is 2.54 bits per heavy atom. The lowest BCUT2D eigenvalue weighted by Crippen LogP contribution is -2.50. The number of alkyl carbamates (subject to hydrolysis) is 1. The molecule has 0 saturated carbocycles. The van der Waals surface area contributed by atoms with E-state index < -0.39 is 11.7 Å². The molecule has 2 aromatic heterocycles. The van der Waals surface area contributed by atoms with Crippen molar-refractivity contribution >= 4 is 29.2 Å². The fourth-order valence-corrected chi connectivity index (χ4v) is 3.93. The minimum Gasteiger partial charge on any atom is -0.444 e. The normalized spacial score (nSPS) is 15.1. The number of hydrogen-bond acceptors (Lipinski definition) is 10. The van der Waals surface area contributed by atoms with Gasteiger partial charge in [-0.2, -0.15) is 0 Å². The molecule has 1 saturated heterocycles. The number of nitrogens with two attached hydrogens (primary N) is 1. The third-order valence-electron chi connectivity index (χ3n) is 5.98. The van der Waals surface area contributed by atoms with Crippen LogP contribution in [-0.2, 0) is 4.74 Å². The van der Waals surface area contributed by atoms with Gasteiger partial charge in [0.2, 0.25) is 0 Å². The summed E-state index contributed by atoms with van der Waals surface area (Å²) in [4.78, 5) is 38.3. The van der Waals surface area contributed by atoms with Crippen LogP contribution < -0.4 is 11.1 Å². The fraction of sp³-hybridized carbons (Fsp3) is 0.600. The van der Waals surface area contributed by atoms with Crippen molar-refractivity contribution < 1.29 is 19.0 Å². The molecule has 3 heterocycles. The Balaban J connectivity index is 1.62. The number of aromatic nitrogens is 3. The van der Waals surface area contributed by atoms with Gasteiger partial charge in [-0.1, -0.05) is 13.3 Å². The number of nitrogens with zero attached hydrogens (tertiary/aromatic N) is 6. The number of hydrogen-bond donors (Lipinski definition) is 2. The van der Waals surface area contributed by atoms with E-state index in [0.29, 0.717) is 68.3 Å². The van der Waals surface area contributed by atoms with Crippen LogP contribution in [0.2, 0.25) is 0 Å². The third kappa shape index (κ3) is 7.97. The molecule has 1 aliphatic heterocycles. The molecular weight excluding hydrogens is 476 g/mol. The molecule has 1 aliphatic rings. The number of nitrogens with one attached hydrogen (secondary N) is 1. The highest BCUT2D eigenvalue weighted by Gasteiger charge is 2.25. The van der Waals surface area contributed by atoms with E-state index in [2.05, 4.69) is 32.4 Å². The minimum absolute atomic E-state index is 0.0775. The van der Waals surface area contributed by atoms with Crippen LogP contribution in [0.1, 0.15) is 68.6 Å². The van der Waals surface area contributed by atoms with Gasteiger partial charge in [-0.15, -0.1) is 0 Å². The molecule has 0 bridgehead atoms. The van der Waals surface area contributed by atoms with Crippen LogP contribution >= 0.6 is 0 Å². The molecule has 1 fully saturated rings. The van der Waals surface area contributed by atoms with Crippen molar-refractivity contribution in [1.82, 2.24) is 30.4 Å². The van der Waals surface area contributed by atoms with Gasteiger partial charge in [-0.25, -0.2) is 14.4 Å². The number of nitrogen functional groups attached to an aromatic ring is 1. The molecule has 37 heavy (non-hydrogen) atoms. The lowest BCUT2D eigenvalue weighted by atomic mass is 10.1. The largest absolute Gasteiger partial charge is 0.444 e. The van der Waals surface area contributed by atoms with E-state index in [4.69, 9.17) is 20.1 Å². The van der Waals surface area contributed by atoms with Crippen LogP contribution in [-0.4, -0.2) is 87.7 Å². The van der Waals surface area contributed by atoms with Crippen molar-refractivity contribution in [2.24, 2.45) is 4.99 Å². The van der Waals surface area contributed by atoms with E-state index in [1.807, 2.05) is 32.6 Å². The first-order valence-corrected chi connectivity index (χ1v) is 12.7. The van der Waals surface area contributed by atoms with E-state index >= 15 is 0 Å². The van der Waals surface area contributed by atoms with Crippen LogP contribution in [0.3, 0.4) is 0 Å². The number of rotatable bonds is 9. The molecule has 12 nitrogen and oxygen atoms in total. The molecule has 2 amide bonds. The van der Waals surface area contributed by atoms with Gasteiger partial charge in [-0.05, 0) is 56.4 Å². The molecule has 202 valence electrons. The van der Waals surface area contributed by atoms with Crippen molar-refractivity contribution in [2.45, 2.75) is 59.5 Å². The van der Waals surface area contributed by atoms with Gasteiger partial charge in [0.25, 0.3) is 5.91 Å². The number of piperazine rings is 1. The van der Waals surface area contributed by atoms with Crippen LogP contribution in [0.5, 0.6) is 0 Å². The Labute approximate surface area is 217 Å². The van der Waals surface area contributed by atoms with Crippen LogP contribution in [0.25, 0.3) is 0 Å². The number of ether oxygens (including phenoxy) is 1. The summed E-state index contributed by atoms with van der Waals surface area (Å²) in [5.74, 6) is 0.109. The van der Waals surface area contributed by atoms with Gasteiger partial charge in [0.1, 0.15) is 5.60 Å². The van der Waals surface area contributed by atoms with Crippen LogP contribution in [0.4, 0.5) is 16.3 Å². The monoisotopic (exact) mass is 514 g/mol. The second-order valence-electron chi connectivity index (χ2n) is 10.1. The summed E-state index contributed by atoms with van der Waals surface area (Å²) in [6.07, 6.45) is 5.32. The zero-order valence-corrected chi connectivity index (χ0v) is 22.4. The summed E-state index contributed by atoms with van der Waals surface area (Å²) in [6, 6.07) is 0. The number of carbonyl (C=O) groups is 2. The second kappa shape index (κ2) is 12.6. The van der Waals surface area contributed by atoms with E-state index in [1.165, 1.54) is 0 Å². The summed E-state index contributed by atoms with van der Waals surface area (Å²) in [5.41, 5.74) is 8.30. The second-order valence-corrected chi connectivity index (χ2v) is 10.1. The molecule has 12 heteroatoms.